The molecule has 2 bridgehead atoms. The van der Waals surface area contributed by atoms with Gasteiger partial charge in [-0.3, -0.25) is 0 Å². The topological polar surface area (TPSA) is 8.17 Å². The molecule has 2 saturated carbocycles. The van der Waals surface area contributed by atoms with E-state index in [-0.39, 0.29) is 5.41 Å². The molecule has 0 saturated heterocycles. The molecule has 0 radical (unpaired) electrons. The minimum atomic E-state index is 0.179. The van der Waals surface area contributed by atoms with Gasteiger partial charge in [0, 0.05) is 59.1 Å². The zero-order chi connectivity index (χ0) is 38.0. The molecule has 2 aromatic heterocycles. The summed E-state index contributed by atoms with van der Waals surface area (Å²) in [5, 5.41) is 5.19. The van der Waals surface area contributed by atoms with E-state index in [9.17, 15) is 0 Å². The molecule has 3 aliphatic rings. The highest BCUT2D eigenvalue weighted by Crippen LogP contribution is 2.66. The van der Waals surface area contributed by atoms with Gasteiger partial charge in [0.2, 0.25) is 0 Å². The van der Waals surface area contributed by atoms with Crippen LogP contribution in [0.25, 0.3) is 69.9 Å². The molecule has 2 nitrogen and oxygen atoms in total. The summed E-state index contributed by atoms with van der Waals surface area (Å²) in [6.45, 7) is 0. The molecule has 10 aromatic rings. The fraction of sp³-hybridized carbons (Fsp3) is 0.127. The molecule has 3 unspecified atom stereocenters. The van der Waals surface area contributed by atoms with E-state index >= 15 is 0 Å². The molecule has 3 heteroatoms. The lowest BCUT2D eigenvalue weighted by molar-refractivity contribution is 0.327. The van der Waals surface area contributed by atoms with Crippen LogP contribution in [0.15, 0.2) is 182 Å². The van der Waals surface area contributed by atoms with Gasteiger partial charge in [0.05, 0.1) is 11.0 Å². The van der Waals surface area contributed by atoms with Crippen LogP contribution in [0.1, 0.15) is 36.8 Å². The maximum Gasteiger partial charge on any atom is 0.0541 e. The molecule has 3 atom stereocenters. The first-order chi connectivity index (χ1) is 28.7. The van der Waals surface area contributed by atoms with E-state index in [2.05, 4.69) is 191 Å². The Morgan fingerprint density at radius 3 is 1.86 bits per heavy atom. The van der Waals surface area contributed by atoms with Crippen molar-refractivity contribution >= 4 is 70.4 Å². The summed E-state index contributed by atoms with van der Waals surface area (Å²) in [7, 11) is 0. The van der Waals surface area contributed by atoms with Crippen LogP contribution in [-0.2, 0) is 5.41 Å². The van der Waals surface area contributed by atoms with Crippen LogP contribution in [0.3, 0.4) is 0 Å². The summed E-state index contributed by atoms with van der Waals surface area (Å²) >= 11 is 1.87. The Morgan fingerprint density at radius 2 is 1.12 bits per heavy atom. The Kier molecular flexibility index (Phi) is 6.92. The van der Waals surface area contributed by atoms with Gasteiger partial charge >= 0.3 is 0 Å². The van der Waals surface area contributed by atoms with E-state index in [1.807, 2.05) is 11.3 Å². The maximum absolute atomic E-state index is 2.46. The average molecular weight is 761 g/mol. The summed E-state index contributed by atoms with van der Waals surface area (Å²) in [5.41, 5.74) is 15.9. The lowest BCUT2D eigenvalue weighted by atomic mass is 9.66. The monoisotopic (exact) mass is 760 g/mol. The first-order valence-electron chi connectivity index (χ1n) is 20.9. The van der Waals surface area contributed by atoms with Crippen LogP contribution in [0.2, 0.25) is 0 Å². The summed E-state index contributed by atoms with van der Waals surface area (Å²) < 4.78 is 5.02. The zero-order valence-electron chi connectivity index (χ0n) is 32.1. The third kappa shape index (κ3) is 4.54. The lowest BCUT2D eigenvalue weighted by Gasteiger charge is -2.36. The number of hydrogen-bond donors (Lipinski definition) is 0. The Labute approximate surface area is 342 Å². The fourth-order valence-electron chi connectivity index (χ4n) is 11.7. The molecule has 1 spiro atoms. The molecule has 0 aliphatic heterocycles. The minimum Gasteiger partial charge on any atom is -0.310 e. The third-order valence-electron chi connectivity index (χ3n) is 14.1. The van der Waals surface area contributed by atoms with Gasteiger partial charge in [-0.2, -0.15) is 0 Å². The molecule has 0 N–H and O–H groups in total. The maximum atomic E-state index is 2.46. The second kappa shape index (κ2) is 12.3. The van der Waals surface area contributed by atoms with Crippen molar-refractivity contribution < 1.29 is 0 Å². The zero-order valence-corrected chi connectivity index (χ0v) is 32.9. The average Bonchev–Trinajstić information content (AvgIpc) is 4.11. The molecule has 58 heavy (non-hydrogen) atoms. The molecule has 0 amide bonds. The standard InChI is InChI=1S/C55H40N2S/c1-5-15-48-47(13-1)54-42(14-9-16-49(54)55(48)34-35-20-23-37(55)32-35)36-21-24-38(25-22-36)56(41-30-31-46-45-12-4-8-19-52(45)58-53(46)33-41)39-26-28-40(29-27-39)57-50-17-6-2-10-43(50)44-11-3-7-18-51(44)57/h1-19,21-22,24-31,33,35,37H,20,23,32,34H2. The number of aromatic nitrogens is 1. The van der Waals surface area contributed by atoms with Crippen molar-refractivity contribution in [2.45, 2.75) is 31.1 Å². The lowest BCUT2D eigenvalue weighted by Crippen LogP contribution is -2.31. The Morgan fingerprint density at radius 1 is 0.500 bits per heavy atom. The van der Waals surface area contributed by atoms with Gasteiger partial charge in [0.25, 0.3) is 0 Å². The van der Waals surface area contributed by atoms with Gasteiger partial charge in [-0.15, -0.1) is 11.3 Å². The molecule has 276 valence electrons. The van der Waals surface area contributed by atoms with Crippen LogP contribution < -0.4 is 4.90 Å². The normalized spacial score (nSPS) is 19.2. The van der Waals surface area contributed by atoms with Crippen LogP contribution >= 0.6 is 11.3 Å². The van der Waals surface area contributed by atoms with Gasteiger partial charge in [0.15, 0.2) is 0 Å². The van der Waals surface area contributed by atoms with E-state index in [0.29, 0.717) is 0 Å². The first kappa shape index (κ1) is 32.6. The highest BCUT2D eigenvalue weighted by atomic mass is 32.1. The van der Waals surface area contributed by atoms with Gasteiger partial charge < -0.3 is 9.47 Å². The Balaban J connectivity index is 0.942. The first-order valence-corrected chi connectivity index (χ1v) is 21.7. The molecular weight excluding hydrogens is 721 g/mol. The highest BCUT2D eigenvalue weighted by molar-refractivity contribution is 7.25. The molecule has 2 heterocycles. The predicted octanol–water partition coefficient (Wildman–Crippen LogP) is 15.4. The van der Waals surface area contributed by atoms with E-state index in [0.717, 1.165) is 34.6 Å². The number of thiophene rings is 1. The van der Waals surface area contributed by atoms with Crippen molar-refractivity contribution in [2.75, 3.05) is 4.90 Å². The van der Waals surface area contributed by atoms with Gasteiger partial charge in [-0.1, -0.05) is 122 Å². The number of anilines is 3. The quantitative estimate of drug-likeness (QED) is 0.170. The van der Waals surface area contributed by atoms with Gasteiger partial charge in [0.1, 0.15) is 0 Å². The summed E-state index contributed by atoms with van der Waals surface area (Å²) in [5.74, 6) is 1.62. The van der Waals surface area contributed by atoms with E-state index in [4.69, 9.17) is 0 Å². The molecule has 3 aliphatic carbocycles. The predicted molar refractivity (Wildman–Crippen MR) is 245 cm³/mol. The minimum absolute atomic E-state index is 0.179. The van der Waals surface area contributed by atoms with Crippen molar-refractivity contribution in [3.63, 3.8) is 0 Å². The van der Waals surface area contributed by atoms with Crippen molar-refractivity contribution in [3.8, 4) is 27.9 Å². The third-order valence-corrected chi connectivity index (χ3v) is 15.2. The number of para-hydroxylation sites is 2. The highest BCUT2D eigenvalue weighted by Gasteiger charge is 2.56. The van der Waals surface area contributed by atoms with Crippen LogP contribution in [-0.4, -0.2) is 4.57 Å². The van der Waals surface area contributed by atoms with E-state index in [1.54, 1.807) is 11.1 Å². The number of hydrogen-bond acceptors (Lipinski definition) is 2. The van der Waals surface area contributed by atoms with E-state index < -0.39 is 0 Å². The summed E-state index contributed by atoms with van der Waals surface area (Å²) in [4.78, 5) is 2.43. The number of nitrogens with zero attached hydrogens (tertiary/aromatic N) is 2. The Bertz CT molecular complexity index is 3210. The van der Waals surface area contributed by atoms with Crippen molar-refractivity contribution in [1.82, 2.24) is 4.57 Å². The number of rotatable bonds is 5. The number of benzene rings is 8. The van der Waals surface area contributed by atoms with Gasteiger partial charge in [-0.05, 0) is 131 Å². The van der Waals surface area contributed by atoms with Crippen LogP contribution in [0.4, 0.5) is 17.1 Å². The molecular formula is C55H40N2S. The second-order valence-corrected chi connectivity index (χ2v) is 18.0. The SMILES string of the molecule is c1ccc2c(c1)-c1c(-c3ccc(N(c4ccc(-n5c6ccccc6c6ccccc65)cc4)c4ccc5c(c4)sc4ccccc45)cc3)cccc1C21CC2CCC1C2. The smallest absolute Gasteiger partial charge is 0.0541 e. The van der Waals surface area contributed by atoms with Crippen LogP contribution in [0, 0.1) is 11.8 Å². The second-order valence-electron chi connectivity index (χ2n) is 16.9. The van der Waals surface area contributed by atoms with E-state index in [1.165, 1.54) is 89.9 Å². The fourth-order valence-corrected chi connectivity index (χ4v) is 12.9. The van der Waals surface area contributed by atoms with Crippen molar-refractivity contribution in [3.05, 3.63) is 193 Å². The van der Waals surface area contributed by atoms with Crippen LogP contribution in [0.5, 0.6) is 0 Å². The van der Waals surface area contributed by atoms with Crippen molar-refractivity contribution in [2.24, 2.45) is 11.8 Å². The molecule has 8 aromatic carbocycles. The Hall–Kier alpha value is -6.42. The molecule has 2 fully saturated rings. The number of fused-ring (bicyclic) bond motifs is 14. The van der Waals surface area contributed by atoms with Crippen molar-refractivity contribution in [1.29, 1.82) is 0 Å². The summed E-state index contributed by atoms with van der Waals surface area (Å²) in [6.07, 6.45) is 5.45. The van der Waals surface area contributed by atoms with Gasteiger partial charge in [-0.25, -0.2) is 0 Å². The summed E-state index contributed by atoms with van der Waals surface area (Å²) in [6, 6.07) is 68.3. The molecule has 13 rings (SSSR count). The largest absolute Gasteiger partial charge is 0.310 e.